The summed E-state index contributed by atoms with van der Waals surface area (Å²) >= 11 is 0. The average Bonchev–Trinajstić information content (AvgIpc) is 2.77. The minimum atomic E-state index is -0.766. The number of benzene rings is 2. The number of ether oxygens (including phenoxy) is 2. The monoisotopic (exact) mass is 426 g/mol. The molecule has 0 aliphatic carbocycles. The van der Waals surface area contributed by atoms with E-state index in [-0.39, 0.29) is 23.8 Å². The van der Waals surface area contributed by atoms with Crippen molar-refractivity contribution in [2.45, 2.75) is 6.54 Å². The molecule has 160 valence electrons. The van der Waals surface area contributed by atoms with Crippen LogP contribution in [0.4, 0.5) is 14.5 Å². The normalized spacial score (nSPS) is 11.0. The molecule has 0 unspecified atom stereocenters. The highest BCUT2D eigenvalue weighted by Gasteiger charge is 2.13. The van der Waals surface area contributed by atoms with Crippen molar-refractivity contribution in [3.63, 3.8) is 0 Å². The highest BCUT2D eigenvalue weighted by molar-refractivity contribution is 6.10. The predicted molar refractivity (Wildman–Crippen MR) is 112 cm³/mol. The molecule has 1 amide bonds. The van der Waals surface area contributed by atoms with E-state index in [0.717, 1.165) is 23.8 Å². The number of halogens is 2. The number of carbonyl (C=O) groups is 1. The zero-order valence-electron chi connectivity index (χ0n) is 16.9. The Morgan fingerprint density at radius 1 is 1.03 bits per heavy atom. The van der Waals surface area contributed by atoms with E-state index in [4.69, 9.17) is 9.47 Å². The number of nitrogens with one attached hydrogen (secondary N) is 2. The summed E-state index contributed by atoms with van der Waals surface area (Å²) in [6.45, 7) is 0.176. The van der Waals surface area contributed by atoms with Crippen molar-refractivity contribution in [3.05, 3.63) is 83.7 Å². The SMILES string of the molecule is COc1cc(OC)cc(C(=O)NC(=NCc2cccnc2)Nc2cc(F)cc(F)c2)c1. The molecule has 3 aromatic rings. The van der Waals surface area contributed by atoms with Crippen molar-refractivity contribution in [3.8, 4) is 11.5 Å². The van der Waals surface area contributed by atoms with Gasteiger partial charge in [-0.25, -0.2) is 13.8 Å². The molecule has 1 aromatic heterocycles. The molecule has 0 aliphatic rings. The first-order chi connectivity index (χ1) is 15.0. The van der Waals surface area contributed by atoms with Gasteiger partial charge >= 0.3 is 0 Å². The average molecular weight is 426 g/mol. The maximum atomic E-state index is 13.6. The Kier molecular flexibility index (Phi) is 7.10. The molecule has 0 fully saturated rings. The lowest BCUT2D eigenvalue weighted by molar-refractivity contribution is 0.0976. The van der Waals surface area contributed by atoms with Gasteiger partial charge in [0.05, 0.1) is 20.8 Å². The summed E-state index contributed by atoms with van der Waals surface area (Å²) in [6, 6.07) is 11.2. The summed E-state index contributed by atoms with van der Waals surface area (Å²) in [5.74, 6) is -1.19. The minimum Gasteiger partial charge on any atom is -0.497 e. The highest BCUT2D eigenvalue weighted by atomic mass is 19.1. The van der Waals surface area contributed by atoms with E-state index >= 15 is 0 Å². The van der Waals surface area contributed by atoms with Crippen LogP contribution in [0.5, 0.6) is 11.5 Å². The summed E-state index contributed by atoms with van der Waals surface area (Å²) in [5.41, 5.74) is 1.12. The molecule has 0 aliphatic heterocycles. The molecule has 0 bridgehead atoms. The van der Waals surface area contributed by atoms with Crippen molar-refractivity contribution in [2.75, 3.05) is 19.5 Å². The molecule has 9 heteroatoms. The van der Waals surface area contributed by atoms with Gasteiger partial charge in [-0.05, 0) is 35.9 Å². The van der Waals surface area contributed by atoms with Gasteiger partial charge in [-0.2, -0.15) is 0 Å². The fourth-order valence-electron chi connectivity index (χ4n) is 2.65. The van der Waals surface area contributed by atoms with Crippen molar-refractivity contribution >= 4 is 17.6 Å². The van der Waals surface area contributed by atoms with Gasteiger partial charge in [0.15, 0.2) is 0 Å². The van der Waals surface area contributed by atoms with E-state index in [1.807, 2.05) is 6.07 Å². The van der Waals surface area contributed by atoms with Gasteiger partial charge in [-0.15, -0.1) is 0 Å². The first-order valence-corrected chi connectivity index (χ1v) is 9.17. The van der Waals surface area contributed by atoms with Crippen LogP contribution in [-0.4, -0.2) is 31.1 Å². The van der Waals surface area contributed by atoms with Crippen LogP contribution in [0.25, 0.3) is 0 Å². The summed E-state index contributed by atoms with van der Waals surface area (Å²) in [6.07, 6.45) is 3.25. The number of nitrogens with zero attached hydrogens (tertiary/aromatic N) is 2. The second kappa shape index (κ2) is 10.1. The van der Waals surface area contributed by atoms with E-state index in [9.17, 15) is 13.6 Å². The minimum absolute atomic E-state index is 0.000592. The second-order valence-corrected chi connectivity index (χ2v) is 6.36. The number of guanidine groups is 1. The Morgan fingerprint density at radius 3 is 2.29 bits per heavy atom. The number of carbonyl (C=O) groups excluding carboxylic acids is 1. The van der Waals surface area contributed by atoms with Gasteiger partial charge in [-0.3, -0.25) is 15.1 Å². The summed E-state index contributed by atoms with van der Waals surface area (Å²) in [7, 11) is 2.94. The first kappa shape index (κ1) is 21.7. The highest BCUT2D eigenvalue weighted by Crippen LogP contribution is 2.22. The Balaban J connectivity index is 1.87. The smallest absolute Gasteiger partial charge is 0.258 e. The zero-order valence-corrected chi connectivity index (χ0v) is 16.9. The number of amides is 1. The van der Waals surface area contributed by atoms with Crippen LogP contribution in [0.3, 0.4) is 0 Å². The van der Waals surface area contributed by atoms with E-state index in [1.54, 1.807) is 24.5 Å². The van der Waals surface area contributed by atoms with Gasteiger partial charge in [0.1, 0.15) is 23.1 Å². The third kappa shape index (κ3) is 6.23. The number of aliphatic imine (C=N–C) groups is 1. The largest absolute Gasteiger partial charge is 0.497 e. The quantitative estimate of drug-likeness (QED) is 0.463. The van der Waals surface area contributed by atoms with E-state index in [2.05, 4.69) is 20.6 Å². The van der Waals surface area contributed by atoms with Crippen molar-refractivity contribution in [1.82, 2.24) is 10.3 Å². The molecule has 0 radical (unpaired) electrons. The molecule has 0 saturated carbocycles. The molecule has 2 aromatic carbocycles. The van der Waals surface area contributed by atoms with Crippen LogP contribution >= 0.6 is 0 Å². The number of rotatable bonds is 6. The van der Waals surface area contributed by atoms with Crippen LogP contribution in [-0.2, 0) is 6.54 Å². The maximum absolute atomic E-state index is 13.6. The molecule has 1 heterocycles. The molecular formula is C22H20F2N4O3. The van der Waals surface area contributed by atoms with Gasteiger partial charge in [0.2, 0.25) is 5.96 Å². The van der Waals surface area contributed by atoms with Gasteiger partial charge < -0.3 is 14.8 Å². The number of aromatic nitrogens is 1. The molecule has 3 rings (SSSR count). The zero-order chi connectivity index (χ0) is 22.2. The Bertz CT molecular complexity index is 1050. The summed E-state index contributed by atoms with van der Waals surface area (Å²) in [5, 5.41) is 5.36. The summed E-state index contributed by atoms with van der Waals surface area (Å²) < 4.78 is 37.5. The third-order valence-electron chi connectivity index (χ3n) is 4.11. The van der Waals surface area contributed by atoms with Gasteiger partial charge in [0, 0.05) is 35.8 Å². The van der Waals surface area contributed by atoms with Gasteiger partial charge in [0.25, 0.3) is 5.91 Å². The predicted octanol–water partition coefficient (Wildman–Crippen LogP) is 3.78. The van der Waals surface area contributed by atoms with Gasteiger partial charge in [-0.1, -0.05) is 6.07 Å². The van der Waals surface area contributed by atoms with Crippen molar-refractivity contribution in [2.24, 2.45) is 4.99 Å². The number of methoxy groups -OCH3 is 2. The number of hydrogen-bond donors (Lipinski definition) is 2. The maximum Gasteiger partial charge on any atom is 0.258 e. The topological polar surface area (TPSA) is 84.8 Å². The fraction of sp³-hybridized carbons (Fsp3) is 0.136. The molecular weight excluding hydrogens is 406 g/mol. The second-order valence-electron chi connectivity index (χ2n) is 6.36. The van der Waals surface area contributed by atoms with Crippen molar-refractivity contribution in [1.29, 1.82) is 0 Å². The lowest BCUT2D eigenvalue weighted by atomic mass is 10.2. The number of hydrogen-bond acceptors (Lipinski definition) is 5. The molecule has 0 saturated heterocycles. The lowest BCUT2D eigenvalue weighted by Gasteiger charge is -2.13. The number of pyridine rings is 1. The van der Waals surface area contributed by atoms with Crippen LogP contribution in [0.15, 0.2) is 65.9 Å². The van der Waals surface area contributed by atoms with Crippen LogP contribution in [0, 0.1) is 11.6 Å². The molecule has 2 N–H and O–H groups in total. The molecule has 31 heavy (non-hydrogen) atoms. The van der Waals surface area contributed by atoms with Crippen LogP contribution in [0.2, 0.25) is 0 Å². The fourth-order valence-corrected chi connectivity index (χ4v) is 2.65. The molecule has 0 spiro atoms. The molecule has 0 atom stereocenters. The Labute approximate surface area is 177 Å². The first-order valence-electron chi connectivity index (χ1n) is 9.17. The van der Waals surface area contributed by atoms with Crippen LogP contribution < -0.4 is 20.1 Å². The third-order valence-corrected chi connectivity index (χ3v) is 4.11. The van der Waals surface area contributed by atoms with Crippen LogP contribution in [0.1, 0.15) is 15.9 Å². The number of anilines is 1. The summed E-state index contributed by atoms with van der Waals surface area (Å²) in [4.78, 5) is 21.2. The van der Waals surface area contributed by atoms with E-state index < -0.39 is 17.5 Å². The van der Waals surface area contributed by atoms with E-state index in [0.29, 0.717) is 11.5 Å². The Hall–Kier alpha value is -4.01. The lowest BCUT2D eigenvalue weighted by Crippen LogP contribution is -2.36. The van der Waals surface area contributed by atoms with Crippen molar-refractivity contribution < 1.29 is 23.0 Å². The molecule has 7 nitrogen and oxygen atoms in total. The standard InChI is InChI=1S/C22H20F2N4O3/c1-30-19-6-15(7-20(11-19)31-2)21(29)28-22(26-13-14-4-3-5-25-12-14)27-18-9-16(23)8-17(24)10-18/h3-12H,13H2,1-2H3,(H2,26,27,28,29). The van der Waals surface area contributed by atoms with E-state index in [1.165, 1.54) is 26.4 Å². The Morgan fingerprint density at radius 2 is 1.71 bits per heavy atom.